The van der Waals surface area contributed by atoms with Crippen molar-refractivity contribution in [2.45, 2.75) is 26.2 Å². The zero-order valence-electron chi connectivity index (χ0n) is 14.7. The van der Waals surface area contributed by atoms with Gasteiger partial charge in [-0.05, 0) is 31.9 Å². The molecule has 0 fully saturated rings. The van der Waals surface area contributed by atoms with Gasteiger partial charge in [-0.3, -0.25) is 19.3 Å². The summed E-state index contributed by atoms with van der Waals surface area (Å²) in [5, 5.41) is 2.64. The average Bonchev–Trinajstić information content (AvgIpc) is 2.87. The van der Waals surface area contributed by atoms with Crippen molar-refractivity contribution in [3.05, 3.63) is 47.5 Å². The number of amides is 3. The number of nitrogens with one attached hydrogen (secondary N) is 1. The zero-order chi connectivity index (χ0) is 19.1. The van der Waals surface area contributed by atoms with Gasteiger partial charge in [-0.15, -0.1) is 0 Å². The summed E-state index contributed by atoms with van der Waals surface area (Å²) in [6.07, 6.45) is 1.37. The van der Waals surface area contributed by atoms with Gasteiger partial charge in [-0.25, -0.2) is 4.79 Å². The van der Waals surface area contributed by atoms with Crippen LogP contribution in [0.5, 0.6) is 0 Å². The number of esters is 1. The Morgan fingerprint density at radius 1 is 1.12 bits per heavy atom. The number of imide groups is 1. The second-order valence-electron chi connectivity index (χ2n) is 6.03. The minimum atomic E-state index is -0.486. The highest BCUT2D eigenvalue weighted by atomic mass is 16.5. The first kappa shape index (κ1) is 19.4. The summed E-state index contributed by atoms with van der Waals surface area (Å²) in [7, 11) is 0. The molecule has 1 aromatic rings. The van der Waals surface area contributed by atoms with Crippen LogP contribution < -0.4 is 5.32 Å². The Hall–Kier alpha value is -2.96. The van der Waals surface area contributed by atoms with E-state index >= 15 is 0 Å². The number of carbonyl (C=O) groups is 4. The van der Waals surface area contributed by atoms with E-state index in [1.807, 2.05) is 0 Å². The van der Waals surface area contributed by atoms with Gasteiger partial charge in [0.15, 0.2) is 0 Å². The highest BCUT2D eigenvalue weighted by Crippen LogP contribution is 2.22. The maximum atomic E-state index is 12.2. The summed E-state index contributed by atoms with van der Waals surface area (Å²) >= 11 is 0. The number of unbranched alkanes of at least 4 members (excludes halogenated alkanes) is 1. The van der Waals surface area contributed by atoms with Crippen molar-refractivity contribution in [1.82, 2.24) is 10.2 Å². The lowest BCUT2D eigenvalue weighted by molar-refractivity contribution is -0.139. The lowest BCUT2D eigenvalue weighted by Gasteiger charge is -2.13. The second kappa shape index (κ2) is 8.94. The predicted octanol–water partition coefficient (Wildman–Crippen LogP) is 1.69. The molecule has 0 saturated heterocycles. The molecule has 7 heteroatoms. The Morgan fingerprint density at radius 3 is 2.31 bits per heavy atom. The number of carbonyl (C=O) groups excluding carboxylic acids is 4. The number of rotatable bonds is 9. The fourth-order valence-electron chi connectivity index (χ4n) is 2.54. The topological polar surface area (TPSA) is 92.8 Å². The van der Waals surface area contributed by atoms with E-state index in [1.165, 1.54) is 4.90 Å². The van der Waals surface area contributed by atoms with E-state index in [2.05, 4.69) is 11.9 Å². The Balaban J connectivity index is 1.63. The van der Waals surface area contributed by atoms with Crippen LogP contribution in [0.1, 0.15) is 46.9 Å². The molecule has 1 N–H and O–H groups in total. The third kappa shape index (κ3) is 4.78. The molecule has 1 aliphatic rings. The van der Waals surface area contributed by atoms with Crippen LogP contribution in [0, 0.1) is 0 Å². The number of hydrogen-bond acceptors (Lipinski definition) is 5. The Morgan fingerprint density at radius 2 is 1.73 bits per heavy atom. The molecule has 1 aromatic carbocycles. The minimum absolute atomic E-state index is 0.0898. The van der Waals surface area contributed by atoms with Crippen molar-refractivity contribution < 1.29 is 23.9 Å². The van der Waals surface area contributed by atoms with Crippen molar-refractivity contribution in [3.8, 4) is 0 Å². The molecule has 0 atom stereocenters. The largest absolute Gasteiger partial charge is 0.460 e. The molecule has 1 aliphatic heterocycles. The molecule has 0 bridgehead atoms. The zero-order valence-corrected chi connectivity index (χ0v) is 14.7. The fourth-order valence-corrected chi connectivity index (χ4v) is 2.54. The Labute approximate surface area is 152 Å². The molecule has 2 rings (SSSR count). The van der Waals surface area contributed by atoms with E-state index in [-0.39, 0.29) is 43.8 Å². The van der Waals surface area contributed by atoms with Gasteiger partial charge in [-0.1, -0.05) is 18.7 Å². The van der Waals surface area contributed by atoms with Gasteiger partial charge in [0.1, 0.15) is 6.61 Å². The molecule has 3 amide bonds. The number of ether oxygens (including phenoxy) is 1. The lowest BCUT2D eigenvalue weighted by atomic mass is 10.1. The maximum Gasteiger partial charge on any atom is 0.333 e. The van der Waals surface area contributed by atoms with Gasteiger partial charge in [0.25, 0.3) is 11.8 Å². The van der Waals surface area contributed by atoms with Crippen molar-refractivity contribution in [1.29, 1.82) is 0 Å². The molecule has 26 heavy (non-hydrogen) atoms. The number of benzene rings is 1. The molecule has 0 radical (unpaired) electrons. The summed E-state index contributed by atoms with van der Waals surface area (Å²) in [6, 6.07) is 6.74. The molecule has 138 valence electrons. The van der Waals surface area contributed by atoms with Crippen LogP contribution in [0.2, 0.25) is 0 Å². The molecule has 0 spiro atoms. The summed E-state index contributed by atoms with van der Waals surface area (Å²) in [5.41, 5.74) is 1.17. The van der Waals surface area contributed by atoms with Gasteiger partial charge in [-0.2, -0.15) is 0 Å². The van der Waals surface area contributed by atoms with E-state index in [0.717, 1.165) is 0 Å². The molecule has 0 aliphatic carbocycles. The summed E-state index contributed by atoms with van der Waals surface area (Å²) in [5.74, 6) is -1.22. The van der Waals surface area contributed by atoms with Crippen LogP contribution in [0.15, 0.2) is 36.4 Å². The van der Waals surface area contributed by atoms with E-state index in [0.29, 0.717) is 29.5 Å². The van der Waals surface area contributed by atoms with Crippen LogP contribution in [-0.2, 0) is 14.3 Å². The third-order valence-electron chi connectivity index (χ3n) is 3.92. The van der Waals surface area contributed by atoms with Crippen molar-refractivity contribution >= 4 is 23.7 Å². The molecule has 0 aromatic heterocycles. The Bertz CT molecular complexity index is 706. The molecule has 1 heterocycles. The van der Waals surface area contributed by atoms with Crippen LogP contribution in [0.3, 0.4) is 0 Å². The van der Waals surface area contributed by atoms with Crippen molar-refractivity contribution in [3.63, 3.8) is 0 Å². The molecule has 0 saturated carbocycles. The van der Waals surface area contributed by atoms with Gasteiger partial charge in [0.05, 0.1) is 17.7 Å². The fraction of sp³-hybridized carbons (Fsp3) is 0.368. The normalized spacial score (nSPS) is 12.7. The van der Waals surface area contributed by atoms with E-state index in [9.17, 15) is 19.2 Å². The highest BCUT2D eigenvalue weighted by molar-refractivity contribution is 6.21. The van der Waals surface area contributed by atoms with E-state index in [1.54, 1.807) is 31.2 Å². The molecule has 0 unspecified atom stereocenters. The van der Waals surface area contributed by atoms with Gasteiger partial charge in [0.2, 0.25) is 5.91 Å². The molecular formula is C19H22N2O5. The van der Waals surface area contributed by atoms with Crippen LogP contribution in [0.25, 0.3) is 0 Å². The van der Waals surface area contributed by atoms with Gasteiger partial charge < -0.3 is 10.1 Å². The van der Waals surface area contributed by atoms with E-state index in [4.69, 9.17) is 4.74 Å². The van der Waals surface area contributed by atoms with Crippen molar-refractivity contribution in [2.75, 3.05) is 19.7 Å². The van der Waals surface area contributed by atoms with Crippen LogP contribution >= 0.6 is 0 Å². The van der Waals surface area contributed by atoms with E-state index < -0.39 is 5.97 Å². The van der Waals surface area contributed by atoms with Gasteiger partial charge >= 0.3 is 5.97 Å². The third-order valence-corrected chi connectivity index (χ3v) is 3.92. The second-order valence-corrected chi connectivity index (χ2v) is 6.03. The summed E-state index contributed by atoms with van der Waals surface area (Å²) < 4.78 is 4.87. The summed E-state index contributed by atoms with van der Waals surface area (Å²) in [4.78, 5) is 48.5. The first-order valence-corrected chi connectivity index (χ1v) is 8.46. The minimum Gasteiger partial charge on any atom is -0.460 e. The number of fused-ring (bicyclic) bond motifs is 1. The number of nitrogens with zero attached hydrogens (tertiary/aromatic N) is 1. The SMILES string of the molecule is C=C(C)C(=O)OCCNC(=O)CCCCN1C(=O)c2ccccc2C1=O. The maximum absolute atomic E-state index is 12.2. The first-order valence-electron chi connectivity index (χ1n) is 8.46. The lowest BCUT2D eigenvalue weighted by Crippen LogP contribution is -2.31. The van der Waals surface area contributed by atoms with Crippen LogP contribution in [-0.4, -0.2) is 48.3 Å². The smallest absolute Gasteiger partial charge is 0.333 e. The monoisotopic (exact) mass is 358 g/mol. The highest BCUT2D eigenvalue weighted by Gasteiger charge is 2.34. The number of hydrogen-bond donors (Lipinski definition) is 1. The molecule has 7 nitrogen and oxygen atoms in total. The first-order chi connectivity index (χ1) is 12.4. The Kier molecular flexibility index (Phi) is 6.66. The van der Waals surface area contributed by atoms with Crippen LogP contribution in [0.4, 0.5) is 0 Å². The molecular weight excluding hydrogens is 336 g/mol. The standard InChI is InChI=1S/C19H22N2O5/c1-13(2)19(25)26-12-10-20-16(22)9-5-6-11-21-17(23)14-7-3-4-8-15(14)18(21)24/h3-4,7-8H,1,5-6,9-12H2,2H3,(H,20,22). The van der Waals surface area contributed by atoms with Gasteiger partial charge in [0, 0.05) is 18.5 Å². The quantitative estimate of drug-likeness (QED) is 0.314. The van der Waals surface area contributed by atoms with Crippen molar-refractivity contribution in [2.24, 2.45) is 0 Å². The predicted molar refractivity (Wildman–Crippen MR) is 94.4 cm³/mol. The summed E-state index contributed by atoms with van der Waals surface area (Å²) in [6.45, 7) is 5.62. The average molecular weight is 358 g/mol.